The standard InChI is InChI=1S/C19H14F2N4O3S/c1-11-17(25-29(27,28)18-9-15(20)3-4-16(18)21)7-14(10-23-11)13-5-6-22-19(8-13)24-12(2)26/h3-10H,1H2,2H3,(H,22,24,26)/p+1. The molecule has 10 heteroatoms. The van der Waals surface area contributed by atoms with Crippen molar-refractivity contribution in [1.82, 2.24) is 0 Å². The molecule has 1 aliphatic rings. The maximum absolute atomic E-state index is 13.9. The summed E-state index contributed by atoms with van der Waals surface area (Å²) in [6.07, 6.45) is 4.43. The van der Waals surface area contributed by atoms with Gasteiger partial charge in [-0.3, -0.25) is 4.99 Å². The highest BCUT2D eigenvalue weighted by Gasteiger charge is 2.22. The highest BCUT2D eigenvalue weighted by atomic mass is 32.2. The molecule has 0 saturated heterocycles. The summed E-state index contributed by atoms with van der Waals surface area (Å²) in [5, 5.41) is 2.59. The molecule has 0 aliphatic carbocycles. The predicted octanol–water partition coefficient (Wildman–Crippen LogP) is 2.55. The number of sulfonamides is 1. The zero-order valence-corrected chi connectivity index (χ0v) is 15.9. The van der Waals surface area contributed by atoms with Crippen LogP contribution < -0.4 is 10.3 Å². The quantitative estimate of drug-likeness (QED) is 0.827. The number of pyridine rings is 1. The Morgan fingerprint density at radius 3 is 2.72 bits per heavy atom. The smallest absolute Gasteiger partial charge is 0.255 e. The summed E-state index contributed by atoms with van der Waals surface area (Å²) in [7, 11) is -4.55. The Kier molecular flexibility index (Phi) is 5.46. The van der Waals surface area contributed by atoms with Crippen LogP contribution in [-0.2, 0) is 14.8 Å². The van der Waals surface area contributed by atoms with E-state index in [0.717, 1.165) is 6.07 Å². The number of nitrogens with one attached hydrogen (secondary N) is 2. The van der Waals surface area contributed by atoms with E-state index in [1.54, 1.807) is 18.3 Å². The molecule has 0 saturated carbocycles. The van der Waals surface area contributed by atoms with E-state index >= 15 is 0 Å². The highest BCUT2D eigenvalue weighted by molar-refractivity contribution is 7.90. The lowest BCUT2D eigenvalue weighted by atomic mass is 10.0. The Bertz CT molecular complexity index is 1220. The monoisotopic (exact) mass is 417 g/mol. The van der Waals surface area contributed by atoms with Crippen molar-refractivity contribution in [3.05, 3.63) is 72.1 Å². The second kappa shape index (κ2) is 7.84. The molecule has 1 aromatic heterocycles. The fraction of sp³-hybridized carbons (Fsp3) is 0.0526. The molecule has 0 fully saturated rings. The predicted molar refractivity (Wildman–Crippen MR) is 104 cm³/mol. The number of carbonyl (C=O) groups is 1. The van der Waals surface area contributed by atoms with Crippen LogP contribution in [0.1, 0.15) is 12.5 Å². The number of aromatic nitrogens is 1. The summed E-state index contributed by atoms with van der Waals surface area (Å²) in [6.45, 7) is 4.98. The van der Waals surface area contributed by atoms with Crippen LogP contribution in [0.2, 0.25) is 0 Å². The minimum absolute atomic E-state index is 0.0405. The summed E-state index contributed by atoms with van der Waals surface area (Å²) in [4.78, 5) is 17.2. The molecule has 2 heterocycles. The van der Waals surface area contributed by atoms with Crippen LogP contribution in [0.5, 0.6) is 0 Å². The first-order chi connectivity index (χ1) is 13.7. The molecule has 148 valence electrons. The number of rotatable bonds is 4. The summed E-state index contributed by atoms with van der Waals surface area (Å²) in [5.41, 5.74) is 0.997. The van der Waals surface area contributed by atoms with Crippen molar-refractivity contribution in [1.29, 1.82) is 0 Å². The first-order valence-electron chi connectivity index (χ1n) is 8.20. The summed E-state index contributed by atoms with van der Waals surface area (Å²) < 4.78 is 55.8. The van der Waals surface area contributed by atoms with Crippen molar-refractivity contribution in [3.8, 4) is 0 Å². The third kappa shape index (κ3) is 4.66. The molecule has 7 nitrogen and oxygen atoms in total. The average molecular weight is 417 g/mol. The van der Waals surface area contributed by atoms with E-state index in [-0.39, 0.29) is 17.3 Å². The van der Waals surface area contributed by atoms with Crippen LogP contribution in [0.15, 0.2) is 69.2 Å². The summed E-state index contributed by atoms with van der Waals surface area (Å²) in [6, 6.07) is 5.37. The fourth-order valence-electron chi connectivity index (χ4n) is 2.48. The molecule has 29 heavy (non-hydrogen) atoms. The first kappa shape index (κ1) is 20.2. The van der Waals surface area contributed by atoms with Crippen molar-refractivity contribution < 1.29 is 27.0 Å². The Morgan fingerprint density at radius 2 is 2.00 bits per heavy atom. The van der Waals surface area contributed by atoms with Gasteiger partial charge in [0.1, 0.15) is 22.2 Å². The van der Waals surface area contributed by atoms with E-state index in [1.807, 2.05) is 0 Å². The zero-order valence-electron chi connectivity index (χ0n) is 15.1. The molecule has 0 atom stereocenters. The van der Waals surface area contributed by atoms with Crippen molar-refractivity contribution in [2.24, 2.45) is 9.39 Å². The number of H-pyrrole nitrogens is 1. The van der Waals surface area contributed by atoms with Gasteiger partial charge in [-0.2, -0.15) is 12.8 Å². The fourth-order valence-corrected chi connectivity index (χ4v) is 3.57. The number of dihydropyridines is 1. The normalized spacial score (nSPS) is 15.3. The Labute approximate surface area is 165 Å². The van der Waals surface area contributed by atoms with Crippen molar-refractivity contribution >= 4 is 39.2 Å². The van der Waals surface area contributed by atoms with Gasteiger partial charge >= 0.3 is 5.91 Å². The number of amides is 1. The number of aliphatic imine (C=N–C) groups is 1. The van der Waals surface area contributed by atoms with Crippen LogP contribution in [0.3, 0.4) is 0 Å². The second-order valence-corrected chi connectivity index (χ2v) is 7.58. The molecule has 2 N–H and O–H groups in total. The van der Waals surface area contributed by atoms with Crippen molar-refractivity contribution in [2.75, 3.05) is 5.32 Å². The molecule has 0 bridgehead atoms. The lowest BCUT2D eigenvalue weighted by Gasteiger charge is -2.11. The number of benzene rings is 1. The van der Waals surface area contributed by atoms with Gasteiger partial charge < -0.3 is 0 Å². The van der Waals surface area contributed by atoms with Crippen molar-refractivity contribution in [3.63, 3.8) is 0 Å². The molecule has 0 unspecified atom stereocenters. The van der Waals surface area contributed by atoms with Crippen LogP contribution >= 0.6 is 0 Å². The minimum atomic E-state index is -4.55. The topological polar surface area (TPSA) is 102 Å². The van der Waals surface area contributed by atoms with E-state index in [1.165, 1.54) is 19.2 Å². The molecule has 0 radical (unpaired) electrons. The second-order valence-electron chi connectivity index (χ2n) is 6.00. The molecule has 1 aliphatic heterocycles. The molecule has 0 spiro atoms. The van der Waals surface area contributed by atoms with Crippen molar-refractivity contribution in [2.45, 2.75) is 11.8 Å². The van der Waals surface area contributed by atoms with Gasteiger partial charge in [0.2, 0.25) is 0 Å². The highest BCUT2D eigenvalue weighted by Crippen LogP contribution is 2.23. The molecule has 3 rings (SSSR count). The lowest BCUT2D eigenvalue weighted by molar-refractivity contribution is -0.360. The number of anilines is 1. The average Bonchev–Trinajstić information content (AvgIpc) is 2.65. The molecular weight excluding hydrogens is 402 g/mol. The number of aromatic amines is 1. The van der Waals surface area contributed by atoms with Gasteiger partial charge in [0.15, 0.2) is 0 Å². The van der Waals surface area contributed by atoms with Gasteiger partial charge in [-0.15, -0.1) is 0 Å². The largest absolute Gasteiger partial charge is 0.304 e. The van der Waals surface area contributed by atoms with Gasteiger partial charge in [-0.1, -0.05) is 6.58 Å². The van der Waals surface area contributed by atoms with E-state index in [9.17, 15) is 22.0 Å². The Balaban J connectivity index is 2.03. The van der Waals surface area contributed by atoms with Gasteiger partial charge in [0, 0.05) is 24.8 Å². The third-order valence-electron chi connectivity index (χ3n) is 3.78. The van der Waals surface area contributed by atoms with Gasteiger partial charge in [-0.05, 0) is 35.9 Å². The zero-order chi connectivity index (χ0) is 21.2. The van der Waals surface area contributed by atoms with Crippen LogP contribution in [0.25, 0.3) is 5.57 Å². The maximum atomic E-state index is 13.9. The number of halogens is 2. The van der Waals surface area contributed by atoms with Gasteiger partial charge in [-0.25, -0.2) is 23.9 Å². The third-order valence-corrected chi connectivity index (χ3v) is 5.09. The number of carbonyl (C=O) groups excluding carboxylic acids is 1. The summed E-state index contributed by atoms with van der Waals surface area (Å²) in [5.74, 6) is -1.89. The maximum Gasteiger partial charge on any atom is 0.304 e. The van der Waals surface area contributed by atoms with E-state index in [0.29, 0.717) is 29.1 Å². The Hall–Kier alpha value is -3.53. The first-order valence-corrected chi connectivity index (χ1v) is 9.64. The van der Waals surface area contributed by atoms with E-state index < -0.39 is 26.6 Å². The van der Waals surface area contributed by atoms with Crippen LogP contribution in [-0.4, -0.2) is 26.3 Å². The number of allylic oxidation sites excluding steroid dienone is 2. The Morgan fingerprint density at radius 1 is 1.24 bits per heavy atom. The summed E-state index contributed by atoms with van der Waals surface area (Å²) >= 11 is 0. The van der Waals surface area contributed by atoms with E-state index in [4.69, 9.17) is 0 Å². The number of hydrogen-bond donors (Lipinski definition) is 1. The SMILES string of the molecule is C=C1N=CC(c2cc[nH+]c(NC(C)=O)c2)=CC1=NS(=O)(=O)c1cc(F)ccc1F. The molecule has 1 amide bonds. The van der Waals surface area contributed by atoms with Gasteiger partial charge in [0.25, 0.3) is 15.8 Å². The van der Waals surface area contributed by atoms with E-state index in [2.05, 4.69) is 26.3 Å². The molecule has 2 aromatic rings. The molecular formula is C19H15F2N4O3S+. The molecule has 1 aromatic carbocycles. The lowest BCUT2D eigenvalue weighted by Crippen LogP contribution is -2.17. The number of nitrogens with zero attached hydrogens (tertiary/aromatic N) is 2. The number of hydrogen-bond acceptors (Lipinski definition) is 4. The van der Waals surface area contributed by atoms with Gasteiger partial charge in [0.05, 0.1) is 11.9 Å². The van der Waals surface area contributed by atoms with Crippen LogP contribution in [0.4, 0.5) is 14.6 Å². The van der Waals surface area contributed by atoms with Crippen LogP contribution in [0, 0.1) is 11.6 Å². The minimum Gasteiger partial charge on any atom is -0.255 e.